The number of esters is 1. The molecule has 0 unspecified atom stereocenters. The van der Waals surface area contributed by atoms with Crippen LogP contribution in [0.25, 0.3) is 5.69 Å². The van der Waals surface area contributed by atoms with Crippen molar-refractivity contribution in [3.63, 3.8) is 0 Å². The molecule has 1 saturated carbocycles. The number of amides is 1. The molecule has 2 aromatic rings. The Kier molecular flexibility index (Phi) is 5.60. The molecular weight excluding hydrogens is 370 g/mol. The number of hydrogen-bond acceptors (Lipinski definition) is 5. The number of carbonyl (C=O) groups excluding carboxylic acids is 2. The molecule has 0 aliphatic heterocycles. The first-order chi connectivity index (χ1) is 12.8. The Hall–Kier alpha value is -2.67. The number of aromatic nitrogens is 2. The summed E-state index contributed by atoms with van der Waals surface area (Å²) in [7, 11) is 0. The van der Waals surface area contributed by atoms with Crippen molar-refractivity contribution in [2.24, 2.45) is 5.92 Å². The average Bonchev–Trinajstić information content (AvgIpc) is 3.46. The maximum Gasteiger partial charge on any atom is 0.363 e. The molecule has 1 aliphatic rings. The lowest BCUT2D eigenvalue weighted by Crippen LogP contribution is -2.37. The number of benzene rings is 1. The molecule has 27 heavy (non-hydrogen) atoms. The number of nitrogens with one attached hydrogen (secondary N) is 1. The monoisotopic (exact) mass is 389 g/mol. The van der Waals surface area contributed by atoms with E-state index in [9.17, 15) is 14.4 Å². The van der Waals surface area contributed by atoms with E-state index >= 15 is 0 Å². The molecule has 1 atom stereocenters. The highest BCUT2D eigenvalue weighted by molar-refractivity contribution is 6.30. The molecule has 1 aromatic heterocycles. The first kappa shape index (κ1) is 19.1. The fraction of sp³-hybridized carbons (Fsp3) is 0.368. The van der Waals surface area contributed by atoms with E-state index in [0.717, 1.165) is 12.8 Å². The van der Waals surface area contributed by atoms with Gasteiger partial charge in [0.25, 0.3) is 5.91 Å². The van der Waals surface area contributed by atoms with Crippen molar-refractivity contribution in [1.29, 1.82) is 0 Å². The van der Waals surface area contributed by atoms with Crippen molar-refractivity contribution in [2.75, 3.05) is 6.61 Å². The smallest absolute Gasteiger partial charge is 0.363 e. The van der Waals surface area contributed by atoms with Crippen molar-refractivity contribution in [1.82, 2.24) is 15.1 Å². The van der Waals surface area contributed by atoms with Gasteiger partial charge in [-0.05, 0) is 56.9 Å². The van der Waals surface area contributed by atoms with Crippen molar-refractivity contribution in [3.8, 4) is 5.69 Å². The van der Waals surface area contributed by atoms with E-state index in [4.69, 9.17) is 16.3 Å². The van der Waals surface area contributed by atoms with Gasteiger partial charge in [-0.25, -0.2) is 9.48 Å². The van der Waals surface area contributed by atoms with Crippen LogP contribution in [-0.4, -0.2) is 34.3 Å². The largest absolute Gasteiger partial charge is 0.451 e. The highest BCUT2D eigenvalue weighted by Gasteiger charge is 2.29. The molecule has 3 rings (SSSR count). The van der Waals surface area contributed by atoms with E-state index in [1.54, 1.807) is 31.2 Å². The van der Waals surface area contributed by atoms with E-state index in [0.29, 0.717) is 22.3 Å². The second-order valence-corrected chi connectivity index (χ2v) is 7.09. The van der Waals surface area contributed by atoms with Crippen LogP contribution in [-0.2, 0) is 9.53 Å². The van der Waals surface area contributed by atoms with Gasteiger partial charge < -0.3 is 10.1 Å². The van der Waals surface area contributed by atoms with Crippen LogP contribution in [0.5, 0.6) is 0 Å². The summed E-state index contributed by atoms with van der Waals surface area (Å²) in [6.07, 6.45) is 2.19. The number of halogens is 1. The maximum atomic E-state index is 12.3. The molecule has 1 fully saturated rings. The molecule has 1 heterocycles. The molecule has 1 amide bonds. The standard InChI is InChI=1S/C19H20ClN3O4/c1-11-9-16(24)18(22-23(11)15-7-5-14(20)6-8-15)19(26)27-10-17(25)21-12(2)13-3-4-13/h5-9,12-13H,3-4,10H2,1-2H3,(H,21,25)/t12-/m1/s1. The fourth-order valence-corrected chi connectivity index (χ4v) is 2.87. The summed E-state index contributed by atoms with van der Waals surface area (Å²) in [5.74, 6) is -0.833. The van der Waals surface area contributed by atoms with E-state index < -0.39 is 23.9 Å². The number of ether oxygens (including phenoxy) is 1. The van der Waals surface area contributed by atoms with Gasteiger partial charge in [0.1, 0.15) is 0 Å². The molecule has 0 bridgehead atoms. The summed E-state index contributed by atoms with van der Waals surface area (Å²) >= 11 is 5.88. The lowest BCUT2D eigenvalue weighted by molar-refractivity contribution is -0.125. The zero-order chi connectivity index (χ0) is 19.6. The first-order valence-corrected chi connectivity index (χ1v) is 9.06. The van der Waals surface area contributed by atoms with Gasteiger partial charge in [0.2, 0.25) is 11.1 Å². The van der Waals surface area contributed by atoms with Gasteiger partial charge in [-0.2, -0.15) is 5.10 Å². The summed E-state index contributed by atoms with van der Waals surface area (Å²) in [6.45, 7) is 3.17. The summed E-state index contributed by atoms with van der Waals surface area (Å²) in [5.41, 5.74) is 0.255. The van der Waals surface area contributed by atoms with Gasteiger partial charge in [-0.1, -0.05) is 11.6 Å². The van der Waals surface area contributed by atoms with Crippen LogP contribution in [0.2, 0.25) is 5.02 Å². The molecule has 1 N–H and O–H groups in total. The molecular formula is C19H20ClN3O4. The van der Waals surface area contributed by atoms with Crippen LogP contribution in [0.1, 0.15) is 35.9 Å². The summed E-state index contributed by atoms with van der Waals surface area (Å²) < 4.78 is 6.42. The van der Waals surface area contributed by atoms with Gasteiger partial charge in [-0.3, -0.25) is 9.59 Å². The molecule has 0 radical (unpaired) electrons. The highest BCUT2D eigenvalue weighted by atomic mass is 35.5. The Bertz CT molecular complexity index is 920. The van der Waals surface area contributed by atoms with Gasteiger partial charge in [0.05, 0.1) is 5.69 Å². The van der Waals surface area contributed by atoms with Crippen LogP contribution in [0.15, 0.2) is 35.1 Å². The van der Waals surface area contributed by atoms with Crippen LogP contribution >= 0.6 is 11.6 Å². The second kappa shape index (κ2) is 7.92. The third kappa shape index (κ3) is 4.74. The van der Waals surface area contributed by atoms with Gasteiger partial charge in [0.15, 0.2) is 6.61 Å². The molecule has 1 aromatic carbocycles. The molecule has 1 aliphatic carbocycles. The minimum absolute atomic E-state index is 0.0517. The van der Waals surface area contributed by atoms with Crippen molar-refractivity contribution < 1.29 is 14.3 Å². The first-order valence-electron chi connectivity index (χ1n) is 8.68. The fourth-order valence-electron chi connectivity index (χ4n) is 2.74. The molecule has 7 nitrogen and oxygen atoms in total. The van der Waals surface area contributed by atoms with Crippen LogP contribution < -0.4 is 10.7 Å². The molecule has 0 spiro atoms. The third-order valence-electron chi connectivity index (χ3n) is 4.42. The Morgan fingerprint density at radius 3 is 2.63 bits per heavy atom. The zero-order valence-electron chi connectivity index (χ0n) is 15.1. The predicted octanol–water partition coefficient (Wildman–Crippen LogP) is 2.27. The lowest BCUT2D eigenvalue weighted by Gasteiger charge is -2.13. The van der Waals surface area contributed by atoms with Crippen molar-refractivity contribution in [2.45, 2.75) is 32.7 Å². The maximum absolute atomic E-state index is 12.3. The number of rotatable bonds is 6. The Morgan fingerprint density at radius 1 is 1.33 bits per heavy atom. The molecule has 8 heteroatoms. The van der Waals surface area contributed by atoms with Gasteiger partial charge in [-0.15, -0.1) is 0 Å². The lowest BCUT2D eigenvalue weighted by atomic mass is 10.2. The van der Waals surface area contributed by atoms with E-state index in [2.05, 4.69) is 10.4 Å². The van der Waals surface area contributed by atoms with Crippen LogP contribution in [0.4, 0.5) is 0 Å². The van der Waals surface area contributed by atoms with Gasteiger partial charge >= 0.3 is 5.97 Å². The SMILES string of the molecule is Cc1cc(=O)c(C(=O)OCC(=O)N[C@H](C)C2CC2)nn1-c1ccc(Cl)cc1. The predicted molar refractivity (Wildman–Crippen MR) is 100 cm³/mol. The second-order valence-electron chi connectivity index (χ2n) is 6.66. The molecule has 0 saturated heterocycles. The number of carbonyl (C=O) groups is 2. The topological polar surface area (TPSA) is 90.3 Å². The molecule has 142 valence electrons. The summed E-state index contributed by atoms with van der Waals surface area (Å²) in [4.78, 5) is 36.3. The normalized spacial score (nSPS) is 14.5. The number of nitrogens with zero attached hydrogens (tertiary/aromatic N) is 2. The minimum Gasteiger partial charge on any atom is -0.451 e. The quantitative estimate of drug-likeness (QED) is 0.765. The number of aryl methyl sites for hydroxylation is 1. The Balaban J connectivity index is 1.72. The number of hydrogen-bond donors (Lipinski definition) is 1. The van der Waals surface area contributed by atoms with Crippen LogP contribution in [0.3, 0.4) is 0 Å². The van der Waals surface area contributed by atoms with Crippen molar-refractivity contribution >= 4 is 23.5 Å². The van der Waals surface area contributed by atoms with E-state index in [1.807, 2.05) is 6.92 Å². The minimum atomic E-state index is -0.933. The average molecular weight is 390 g/mol. The zero-order valence-corrected chi connectivity index (χ0v) is 15.8. The van der Waals surface area contributed by atoms with Gasteiger partial charge in [0, 0.05) is 22.8 Å². The van der Waals surface area contributed by atoms with Crippen LogP contribution in [0, 0.1) is 12.8 Å². The highest BCUT2D eigenvalue weighted by Crippen LogP contribution is 2.32. The Labute approximate surface area is 161 Å². The van der Waals surface area contributed by atoms with E-state index in [1.165, 1.54) is 10.7 Å². The van der Waals surface area contributed by atoms with E-state index in [-0.39, 0.29) is 11.7 Å². The Morgan fingerprint density at radius 2 is 2.00 bits per heavy atom. The summed E-state index contributed by atoms with van der Waals surface area (Å²) in [6, 6.07) is 8.14. The van der Waals surface area contributed by atoms with Crippen molar-refractivity contribution in [3.05, 3.63) is 57.0 Å². The summed E-state index contributed by atoms with van der Waals surface area (Å²) in [5, 5.41) is 7.44. The third-order valence-corrected chi connectivity index (χ3v) is 4.68.